The SMILES string of the molecule is COCC(Nc1cccnc1-n1cccn1)C1CC1. The van der Waals surface area contributed by atoms with E-state index in [1.54, 1.807) is 24.2 Å². The monoisotopic (exact) mass is 258 g/mol. The Labute approximate surface area is 112 Å². The fourth-order valence-corrected chi connectivity index (χ4v) is 2.26. The number of anilines is 1. The van der Waals surface area contributed by atoms with Gasteiger partial charge in [0, 0.05) is 25.7 Å². The van der Waals surface area contributed by atoms with E-state index in [-0.39, 0.29) is 0 Å². The van der Waals surface area contributed by atoms with Gasteiger partial charge in [0.25, 0.3) is 0 Å². The van der Waals surface area contributed by atoms with Gasteiger partial charge in [0.05, 0.1) is 18.3 Å². The summed E-state index contributed by atoms with van der Waals surface area (Å²) in [5, 5.41) is 7.79. The van der Waals surface area contributed by atoms with Gasteiger partial charge in [-0.25, -0.2) is 9.67 Å². The topological polar surface area (TPSA) is 52.0 Å². The van der Waals surface area contributed by atoms with E-state index < -0.39 is 0 Å². The summed E-state index contributed by atoms with van der Waals surface area (Å²) in [5.41, 5.74) is 1.00. The molecule has 1 fully saturated rings. The van der Waals surface area contributed by atoms with Crippen LogP contribution in [0.15, 0.2) is 36.8 Å². The van der Waals surface area contributed by atoms with Crippen LogP contribution in [0.1, 0.15) is 12.8 Å². The van der Waals surface area contributed by atoms with E-state index in [4.69, 9.17) is 4.74 Å². The molecule has 0 saturated heterocycles. The molecule has 2 aromatic heterocycles. The summed E-state index contributed by atoms with van der Waals surface area (Å²) in [6, 6.07) is 6.22. The van der Waals surface area contributed by atoms with Crippen molar-refractivity contribution < 1.29 is 4.74 Å². The van der Waals surface area contributed by atoms with Crippen LogP contribution in [0, 0.1) is 5.92 Å². The number of aromatic nitrogens is 3. The maximum absolute atomic E-state index is 5.30. The van der Waals surface area contributed by atoms with Gasteiger partial charge in [-0.2, -0.15) is 5.10 Å². The summed E-state index contributed by atoms with van der Waals surface area (Å²) in [6.45, 7) is 0.720. The summed E-state index contributed by atoms with van der Waals surface area (Å²) in [7, 11) is 1.74. The molecule has 0 bridgehead atoms. The molecule has 1 unspecified atom stereocenters. The number of nitrogens with one attached hydrogen (secondary N) is 1. The van der Waals surface area contributed by atoms with Crippen molar-refractivity contribution in [3.63, 3.8) is 0 Å². The van der Waals surface area contributed by atoms with Crippen molar-refractivity contribution in [3.8, 4) is 5.82 Å². The maximum atomic E-state index is 5.30. The van der Waals surface area contributed by atoms with Gasteiger partial charge in [-0.3, -0.25) is 0 Å². The van der Waals surface area contributed by atoms with Gasteiger partial charge in [-0.1, -0.05) is 0 Å². The third-order valence-electron chi connectivity index (χ3n) is 3.39. The quantitative estimate of drug-likeness (QED) is 0.862. The van der Waals surface area contributed by atoms with Crippen molar-refractivity contribution in [1.29, 1.82) is 0 Å². The summed E-state index contributed by atoms with van der Waals surface area (Å²) in [4.78, 5) is 4.41. The minimum Gasteiger partial charge on any atom is -0.383 e. The Morgan fingerprint density at radius 2 is 2.32 bits per heavy atom. The van der Waals surface area contributed by atoms with Crippen molar-refractivity contribution in [1.82, 2.24) is 14.8 Å². The summed E-state index contributed by atoms with van der Waals surface area (Å²) in [5.74, 6) is 1.54. The second-order valence-corrected chi connectivity index (χ2v) is 4.87. The molecule has 1 aliphatic carbocycles. The maximum Gasteiger partial charge on any atom is 0.176 e. The smallest absolute Gasteiger partial charge is 0.176 e. The molecule has 0 radical (unpaired) electrons. The van der Waals surface area contributed by atoms with Crippen LogP contribution in [0.3, 0.4) is 0 Å². The molecule has 1 aliphatic rings. The number of hydrogen-bond donors (Lipinski definition) is 1. The number of rotatable bonds is 6. The Morgan fingerprint density at radius 1 is 1.42 bits per heavy atom. The molecule has 5 heteroatoms. The van der Waals surface area contributed by atoms with Gasteiger partial charge in [0.2, 0.25) is 0 Å². The third kappa shape index (κ3) is 2.76. The molecule has 5 nitrogen and oxygen atoms in total. The molecule has 0 aromatic carbocycles. The van der Waals surface area contributed by atoms with Gasteiger partial charge in [0.15, 0.2) is 5.82 Å². The standard InChI is InChI=1S/C14H18N4O/c1-19-10-13(11-5-6-11)17-12-4-2-7-15-14(12)18-9-3-8-16-18/h2-4,7-9,11,13,17H,5-6,10H2,1H3. The fraction of sp³-hybridized carbons (Fsp3) is 0.429. The van der Waals surface area contributed by atoms with Gasteiger partial charge in [-0.15, -0.1) is 0 Å². The van der Waals surface area contributed by atoms with Crippen LogP contribution >= 0.6 is 0 Å². The van der Waals surface area contributed by atoms with Gasteiger partial charge in [0.1, 0.15) is 0 Å². The number of ether oxygens (including phenoxy) is 1. The zero-order chi connectivity index (χ0) is 13.1. The van der Waals surface area contributed by atoms with E-state index in [2.05, 4.69) is 15.4 Å². The summed E-state index contributed by atoms with van der Waals surface area (Å²) < 4.78 is 7.08. The molecule has 19 heavy (non-hydrogen) atoms. The Bertz CT molecular complexity index is 522. The highest BCUT2D eigenvalue weighted by atomic mass is 16.5. The van der Waals surface area contributed by atoms with Gasteiger partial charge in [-0.05, 0) is 37.0 Å². The molecular formula is C14H18N4O. The predicted octanol–water partition coefficient (Wildman–Crippen LogP) is 2.10. The van der Waals surface area contributed by atoms with E-state index in [9.17, 15) is 0 Å². The Balaban J connectivity index is 1.83. The van der Waals surface area contributed by atoms with Crippen LogP contribution in [0.4, 0.5) is 5.69 Å². The van der Waals surface area contributed by atoms with Crippen molar-refractivity contribution in [3.05, 3.63) is 36.8 Å². The first-order valence-electron chi connectivity index (χ1n) is 6.59. The van der Waals surface area contributed by atoms with E-state index >= 15 is 0 Å². The highest BCUT2D eigenvalue weighted by Gasteiger charge is 2.31. The van der Waals surface area contributed by atoms with Crippen LogP contribution in [0.25, 0.3) is 5.82 Å². The zero-order valence-electron chi connectivity index (χ0n) is 11.0. The minimum atomic E-state index is 0.350. The third-order valence-corrected chi connectivity index (χ3v) is 3.39. The minimum absolute atomic E-state index is 0.350. The number of pyridine rings is 1. The van der Waals surface area contributed by atoms with E-state index in [0.29, 0.717) is 12.0 Å². The van der Waals surface area contributed by atoms with Crippen LogP contribution < -0.4 is 5.32 Å². The normalized spacial score (nSPS) is 16.3. The molecule has 1 atom stereocenters. The Kier molecular flexibility index (Phi) is 3.46. The second-order valence-electron chi connectivity index (χ2n) is 4.87. The van der Waals surface area contributed by atoms with Crippen molar-refractivity contribution >= 4 is 5.69 Å². The highest BCUT2D eigenvalue weighted by Crippen LogP contribution is 2.35. The molecule has 1 N–H and O–H groups in total. The molecule has 1 saturated carbocycles. The molecule has 3 rings (SSSR count). The first kappa shape index (κ1) is 12.2. The van der Waals surface area contributed by atoms with Crippen molar-refractivity contribution in [2.45, 2.75) is 18.9 Å². The number of methoxy groups -OCH3 is 1. The molecule has 2 aromatic rings. The average molecular weight is 258 g/mol. The fourth-order valence-electron chi connectivity index (χ4n) is 2.26. The lowest BCUT2D eigenvalue weighted by atomic mass is 10.2. The van der Waals surface area contributed by atoms with Crippen LogP contribution in [-0.4, -0.2) is 34.5 Å². The predicted molar refractivity (Wildman–Crippen MR) is 73.4 cm³/mol. The lowest BCUT2D eigenvalue weighted by molar-refractivity contribution is 0.179. The lowest BCUT2D eigenvalue weighted by Crippen LogP contribution is -2.28. The van der Waals surface area contributed by atoms with Crippen LogP contribution in [0.5, 0.6) is 0 Å². The van der Waals surface area contributed by atoms with Gasteiger partial charge >= 0.3 is 0 Å². The van der Waals surface area contributed by atoms with E-state index in [1.165, 1.54) is 12.8 Å². The molecule has 0 spiro atoms. The van der Waals surface area contributed by atoms with Crippen molar-refractivity contribution in [2.24, 2.45) is 5.92 Å². The summed E-state index contributed by atoms with van der Waals surface area (Å²) >= 11 is 0. The molecule has 0 amide bonds. The zero-order valence-corrected chi connectivity index (χ0v) is 11.0. The molecule has 2 heterocycles. The van der Waals surface area contributed by atoms with Gasteiger partial charge < -0.3 is 10.1 Å². The highest BCUT2D eigenvalue weighted by molar-refractivity contribution is 5.57. The van der Waals surface area contributed by atoms with Crippen LogP contribution in [0.2, 0.25) is 0 Å². The molecule has 0 aliphatic heterocycles. The first-order chi connectivity index (χ1) is 9.38. The number of nitrogens with zero attached hydrogens (tertiary/aromatic N) is 3. The largest absolute Gasteiger partial charge is 0.383 e. The summed E-state index contributed by atoms with van der Waals surface area (Å²) in [6.07, 6.45) is 7.99. The Hall–Kier alpha value is -1.88. The Morgan fingerprint density at radius 3 is 3.00 bits per heavy atom. The van der Waals surface area contributed by atoms with E-state index in [1.807, 2.05) is 24.4 Å². The molecular weight excluding hydrogens is 240 g/mol. The average Bonchev–Trinajstić information content (AvgIpc) is 3.14. The van der Waals surface area contributed by atoms with Crippen LogP contribution in [-0.2, 0) is 4.74 Å². The number of hydrogen-bond acceptors (Lipinski definition) is 4. The first-order valence-corrected chi connectivity index (χ1v) is 6.59. The second kappa shape index (κ2) is 5.40. The van der Waals surface area contributed by atoms with E-state index in [0.717, 1.165) is 18.1 Å². The molecule has 100 valence electrons. The van der Waals surface area contributed by atoms with Crippen molar-refractivity contribution in [2.75, 3.05) is 19.0 Å². The lowest BCUT2D eigenvalue weighted by Gasteiger charge is -2.20.